The summed E-state index contributed by atoms with van der Waals surface area (Å²) < 4.78 is 53.4. The quantitative estimate of drug-likeness (QED) is 0.756. The van der Waals surface area contributed by atoms with E-state index in [-0.39, 0.29) is 6.54 Å². The minimum atomic E-state index is -3.26. The van der Waals surface area contributed by atoms with Crippen LogP contribution in [-0.4, -0.2) is 15.6 Å². The van der Waals surface area contributed by atoms with Crippen molar-refractivity contribution >= 4 is 5.78 Å². The SMILES string of the molecule is CCn1nc(C(F)F)c2c1C(F)(F)CCC2=O. The first-order chi connectivity index (χ1) is 7.88. The number of hydrogen-bond donors (Lipinski definition) is 0. The standard InChI is InChI=1S/C10H10F4N2O/c1-2-16-8-6(7(15-16)9(11)12)5(17)3-4-10(8,13)14/h9H,2-4H2,1H3. The number of nitrogens with zero attached hydrogens (tertiary/aromatic N) is 2. The molecule has 0 aliphatic heterocycles. The maximum atomic E-state index is 13.6. The third-order valence-corrected chi connectivity index (χ3v) is 2.78. The lowest BCUT2D eigenvalue weighted by atomic mass is 9.91. The van der Waals surface area contributed by atoms with Crippen LogP contribution in [0.25, 0.3) is 0 Å². The first kappa shape index (κ1) is 12.1. The molecule has 17 heavy (non-hydrogen) atoms. The number of halogens is 4. The van der Waals surface area contributed by atoms with Crippen molar-refractivity contribution in [3.8, 4) is 0 Å². The molecule has 0 amide bonds. The molecular formula is C10H10F4N2O. The lowest BCUT2D eigenvalue weighted by molar-refractivity contribution is -0.0275. The number of aromatic nitrogens is 2. The minimum Gasteiger partial charge on any atom is -0.294 e. The fourth-order valence-electron chi connectivity index (χ4n) is 2.02. The van der Waals surface area contributed by atoms with Crippen LogP contribution in [0.3, 0.4) is 0 Å². The van der Waals surface area contributed by atoms with Gasteiger partial charge in [-0.05, 0) is 6.92 Å². The van der Waals surface area contributed by atoms with E-state index in [0.29, 0.717) is 0 Å². The molecule has 0 aromatic carbocycles. The summed E-state index contributed by atoms with van der Waals surface area (Å²) in [5.74, 6) is -3.94. The second-order valence-corrected chi connectivity index (χ2v) is 3.85. The number of carbonyl (C=O) groups is 1. The number of carbonyl (C=O) groups excluding carboxylic acids is 1. The number of rotatable bonds is 2. The van der Waals surface area contributed by atoms with Gasteiger partial charge in [-0.2, -0.15) is 13.9 Å². The van der Waals surface area contributed by atoms with Crippen LogP contribution < -0.4 is 0 Å². The van der Waals surface area contributed by atoms with Crippen molar-refractivity contribution in [2.24, 2.45) is 0 Å². The Morgan fingerprint density at radius 3 is 2.65 bits per heavy atom. The molecule has 2 rings (SSSR count). The van der Waals surface area contributed by atoms with Gasteiger partial charge < -0.3 is 0 Å². The molecule has 1 heterocycles. The molecule has 0 spiro atoms. The number of ketones is 1. The second kappa shape index (κ2) is 3.82. The molecule has 1 aromatic heterocycles. The van der Waals surface area contributed by atoms with Crippen molar-refractivity contribution in [2.45, 2.75) is 38.7 Å². The number of aryl methyl sites for hydroxylation is 1. The first-order valence-electron chi connectivity index (χ1n) is 5.18. The van der Waals surface area contributed by atoms with Gasteiger partial charge in [0.1, 0.15) is 11.4 Å². The topological polar surface area (TPSA) is 34.9 Å². The van der Waals surface area contributed by atoms with Crippen molar-refractivity contribution < 1.29 is 22.4 Å². The highest BCUT2D eigenvalue weighted by atomic mass is 19.3. The molecule has 0 saturated carbocycles. The van der Waals surface area contributed by atoms with Crippen molar-refractivity contribution in [3.63, 3.8) is 0 Å². The Balaban J connectivity index is 2.71. The number of fused-ring (bicyclic) bond motifs is 1. The summed E-state index contributed by atoms with van der Waals surface area (Å²) in [4.78, 5) is 11.5. The van der Waals surface area contributed by atoms with Crippen LogP contribution in [0, 0.1) is 0 Å². The lowest BCUT2D eigenvalue weighted by Gasteiger charge is -2.22. The van der Waals surface area contributed by atoms with Crippen LogP contribution in [0.15, 0.2) is 0 Å². The van der Waals surface area contributed by atoms with Gasteiger partial charge >= 0.3 is 0 Å². The van der Waals surface area contributed by atoms with Gasteiger partial charge in [0.15, 0.2) is 5.78 Å². The summed E-state index contributed by atoms with van der Waals surface area (Å²) in [7, 11) is 0. The Morgan fingerprint density at radius 2 is 2.12 bits per heavy atom. The van der Waals surface area contributed by atoms with E-state index >= 15 is 0 Å². The summed E-state index contributed by atoms with van der Waals surface area (Å²) in [5.41, 5.74) is -2.07. The van der Waals surface area contributed by atoms with Crippen LogP contribution >= 0.6 is 0 Å². The fourth-order valence-corrected chi connectivity index (χ4v) is 2.02. The van der Waals surface area contributed by atoms with E-state index in [1.165, 1.54) is 6.92 Å². The van der Waals surface area contributed by atoms with Crippen LogP contribution in [0.5, 0.6) is 0 Å². The van der Waals surface area contributed by atoms with Gasteiger partial charge in [-0.1, -0.05) is 0 Å². The Bertz CT molecular complexity index is 467. The highest BCUT2D eigenvalue weighted by molar-refractivity contribution is 5.99. The molecule has 0 saturated heterocycles. The van der Waals surface area contributed by atoms with Crippen LogP contribution in [0.2, 0.25) is 0 Å². The Kier molecular flexibility index (Phi) is 2.71. The van der Waals surface area contributed by atoms with Gasteiger partial charge in [0.2, 0.25) is 0 Å². The molecule has 0 fully saturated rings. The maximum Gasteiger partial charge on any atom is 0.290 e. The largest absolute Gasteiger partial charge is 0.294 e. The van der Waals surface area contributed by atoms with Gasteiger partial charge in [0.25, 0.3) is 12.3 Å². The first-order valence-corrected chi connectivity index (χ1v) is 5.18. The van der Waals surface area contributed by atoms with Gasteiger partial charge in [-0.25, -0.2) is 8.78 Å². The molecule has 1 aliphatic rings. The minimum absolute atomic E-state index is 0.0257. The molecule has 1 aliphatic carbocycles. The summed E-state index contributed by atoms with van der Waals surface area (Å²) in [6, 6.07) is 0. The zero-order valence-corrected chi connectivity index (χ0v) is 9.01. The monoisotopic (exact) mass is 250 g/mol. The normalized spacial score (nSPS) is 18.6. The number of Topliss-reactive ketones (excluding diaryl/α,β-unsaturated/α-hetero) is 1. The molecule has 0 bridgehead atoms. The molecular weight excluding hydrogens is 240 g/mol. The molecule has 0 unspecified atom stereocenters. The van der Waals surface area contributed by atoms with E-state index in [2.05, 4.69) is 5.10 Å². The van der Waals surface area contributed by atoms with E-state index in [9.17, 15) is 22.4 Å². The maximum absolute atomic E-state index is 13.6. The van der Waals surface area contributed by atoms with Crippen molar-refractivity contribution in [2.75, 3.05) is 0 Å². The predicted molar refractivity (Wildman–Crippen MR) is 50.3 cm³/mol. The van der Waals surface area contributed by atoms with Gasteiger partial charge in [-0.3, -0.25) is 9.48 Å². The second-order valence-electron chi connectivity index (χ2n) is 3.85. The smallest absolute Gasteiger partial charge is 0.290 e. The average molecular weight is 250 g/mol. The van der Waals surface area contributed by atoms with Crippen LogP contribution in [0.1, 0.15) is 47.9 Å². The van der Waals surface area contributed by atoms with Gasteiger partial charge in [0, 0.05) is 19.4 Å². The van der Waals surface area contributed by atoms with E-state index in [4.69, 9.17) is 0 Å². The molecule has 3 nitrogen and oxygen atoms in total. The number of hydrogen-bond acceptors (Lipinski definition) is 2. The summed E-state index contributed by atoms with van der Waals surface area (Å²) in [5, 5.41) is 3.42. The van der Waals surface area contributed by atoms with E-state index in [0.717, 1.165) is 4.68 Å². The zero-order valence-electron chi connectivity index (χ0n) is 9.01. The molecule has 0 N–H and O–H groups in total. The Hall–Kier alpha value is -1.40. The van der Waals surface area contributed by atoms with E-state index in [1.54, 1.807) is 0 Å². The highest BCUT2D eigenvalue weighted by Crippen LogP contribution is 2.42. The Morgan fingerprint density at radius 1 is 1.47 bits per heavy atom. The Labute approximate surface area is 94.4 Å². The molecule has 1 aromatic rings. The third kappa shape index (κ3) is 1.73. The molecule has 94 valence electrons. The van der Waals surface area contributed by atoms with Crippen molar-refractivity contribution in [1.82, 2.24) is 9.78 Å². The van der Waals surface area contributed by atoms with Gasteiger partial charge in [0.05, 0.1) is 5.56 Å². The van der Waals surface area contributed by atoms with Crippen molar-refractivity contribution in [1.29, 1.82) is 0 Å². The molecule has 0 atom stereocenters. The third-order valence-electron chi connectivity index (χ3n) is 2.78. The van der Waals surface area contributed by atoms with Crippen molar-refractivity contribution in [3.05, 3.63) is 17.0 Å². The van der Waals surface area contributed by atoms with E-state index < -0.39 is 47.9 Å². The predicted octanol–water partition coefficient (Wildman–Crippen LogP) is 2.91. The summed E-state index contributed by atoms with van der Waals surface area (Å²) in [6.07, 6.45) is -4.09. The molecule has 0 radical (unpaired) electrons. The zero-order chi connectivity index (χ0) is 12.8. The van der Waals surface area contributed by atoms with Crippen LogP contribution in [-0.2, 0) is 12.5 Å². The van der Waals surface area contributed by atoms with Gasteiger partial charge in [-0.15, -0.1) is 0 Å². The lowest BCUT2D eigenvalue weighted by Crippen LogP contribution is -2.27. The fraction of sp³-hybridized carbons (Fsp3) is 0.600. The molecule has 7 heteroatoms. The summed E-state index contributed by atoms with van der Waals surface area (Å²) >= 11 is 0. The summed E-state index contributed by atoms with van der Waals surface area (Å²) in [6.45, 7) is 1.54. The van der Waals surface area contributed by atoms with Crippen LogP contribution in [0.4, 0.5) is 17.6 Å². The highest BCUT2D eigenvalue weighted by Gasteiger charge is 2.46. The number of alkyl halides is 4. The average Bonchev–Trinajstić information content (AvgIpc) is 2.65. The van der Waals surface area contributed by atoms with E-state index in [1.807, 2.05) is 0 Å².